The van der Waals surface area contributed by atoms with E-state index in [4.69, 9.17) is 0 Å². The van der Waals surface area contributed by atoms with E-state index in [9.17, 15) is 4.79 Å². The zero-order valence-electron chi connectivity index (χ0n) is 13.1. The van der Waals surface area contributed by atoms with Crippen molar-refractivity contribution in [1.29, 1.82) is 0 Å². The second kappa shape index (κ2) is 7.70. The van der Waals surface area contributed by atoms with Crippen molar-refractivity contribution in [2.45, 2.75) is 12.1 Å². The largest absolute Gasteiger partial charge is 0.310 e. The van der Waals surface area contributed by atoms with Crippen LogP contribution < -0.4 is 5.32 Å². The number of nitrogens with zero attached hydrogens (tertiary/aromatic N) is 3. The van der Waals surface area contributed by atoms with Gasteiger partial charge in [-0.15, -0.1) is 0 Å². The number of carbonyl (C=O) groups excluding carboxylic acids is 1. The first-order valence-corrected chi connectivity index (χ1v) is 8.44. The lowest BCUT2D eigenvalue weighted by molar-refractivity contribution is -0.113. The van der Waals surface area contributed by atoms with Gasteiger partial charge in [0.2, 0.25) is 5.91 Å². The van der Waals surface area contributed by atoms with Gasteiger partial charge in [-0.1, -0.05) is 48.2 Å². The van der Waals surface area contributed by atoms with Crippen LogP contribution >= 0.6 is 11.8 Å². The van der Waals surface area contributed by atoms with Crippen LogP contribution in [-0.4, -0.2) is 26.6 Å². The number of thioether (sulfide) groups is 1. The summed E-state index contributed by atoms with van der Waals surface area (Å²) in [5.74, 6) is 0.636. The third-order valence-electron chi connectivity index (χ3n) is 3.17. The van der Waals surface area contributed by atoms with Crippen LogP contribution in [0.4, 0.5) is 5.82 Å². The van der Waals surface area contributed by atoms with Crippen LogP contribution in [0, 0.1) is 6.92 Å². The van der Waals surface area contributed by atoms with E-state index in [0.717, 1.165) is 17.0 Å². The second-order valence-corrected chi connectivity index (χ2v) is 6.04. The first kappa shape index (κ1) is 16.1. The van der Waals surface area contributed by atoms with Crippen LogP contribution in [0.1, 0.15) is 5.69 Å². The number of rotatable bonds is 5. The second-order valence-electron chi connectivity index (χ2n) is 5.09. The van der Waals surface area contributed by atoms with Gasteiger partial charge < -0.3 is 5.32 Å². The van der Waals surface area contributed by atoms with Crippen molar-refractivity contribution in [3.05, 3.63) is 66.5 Å². The lowest BCUT2D eigenvalue weighted by Crippen LogP contribution is -2.15. The van der Waals surface area contributed by atoms with Gasteiger partial charge in [-0.05, 0) is 25.1 Å². The maximum atomic E-state index is 12.0. The third-order valence-corrected chi connectivity index (χ3v) is 4.02. The molecule has 3 rings (SSSR count). The standard InChI is InChI=1S/C18H16N4OS/c1-13-11-15(14-7-3-2-4-8-14)21-18(20-13)24-12-17(23)22-16-9-5-6-10-19-16/h2-11H,12H2,1H3,(H,19,22,23). The Kier molecular flexibility index (Phi) is 5.18. The molecule has 1 amide bonds. The minimum Gasteiger partial charge on any atom is -0.310 e. The highest BCUT2D eigenvalue weighted by molar-refractivity contribution is 7.99. The molecule has 5 nitrogen and oxygen atoms in total. The Labute approximate surface area is 144 Å². The topological polar surface area (TPSA) is 67.8 Å². The molecule has 1 N–H and O–H groups in total. The van der Waals surface area contributed by atoms with E-state index in [2.05, 4.69) is 20.3 Å². The van der Waals surface area contributed by atoms with Gasteiger partial charge in [0.05, 0.1) is 11.4 Å². The van der Waals surface area contributed by atoms with Crippen molar-refractivity contribution in [3.63, 3.8) is 0 Å². The summed E-state index contributed by atoms with van der Waals surface area (Å²) in [6.07, 6.45) is 1.64. The van der Waals surface area contributed by atoms with Gasteiger partial charge >= 0.3 is 0 Å². The Hall–Kier alpha value is -2.73. The molecule has 120 valence electrons. The van der Waals surface area contributed by atoms with Gasteiger partial charge in [0, 0.05) is 17.5 Å². The number of nitrogens with one attached hydrogen (secondary N) is 1. The fraction of sp³-hybridized carbons (Fsp3) is 0.111. The van der Waals surface area contributed by atoms with E-state index >= 15 is 0 Å². The van der Waals surface area contributed by atoms with Crippen molar-refractivity contribution in [1.82, 2.24) is 15.0 Å². The number of amides is 1. The predicted molar refractivity (Wildman–Crippen MR) is 95.8 cm³/mol. The van der Waals surface area contributed by atoms with Crippen molar-refractivity contribution in [2.24, 2.45) is 0 Å². The van der Waals surface area contributed by atoms with Crippen LogP contribution in [0.3, 0.4) is 0 Å². The molecule has 0 saturated carbocycles. The number of benzene rings is 1. The van der Waals surface area contributed by atoms with E-state index in [-0.39, 0.29) is 11.7 Å². The monoisotopic (exact) mass is 336 g/mol. The molecule has 6 heteroatoms. The summed E-state index contributed by atoms with van der Waals surface area (Å²) in [6, 6.07) is 17.2. The van der Waals surface area contributed by atoms with Gasteiger partial charge in [-0.25, -0.2) is 15.0 Å². The molecule has 0 atom stereocenters. The molecule has 2 aromatic heterocycles. The summed E-state index contributed by atoms with van der Waals surface area (Å²) in [6.45, 7) is 1.92. The number of aromatic nitrogens is 3. The van der Waals surface area contributed by atoms with Crippen molar-refractivity contribution < 1.29 is 4.79 Å². The molecule has 24 heavy (non-hydrogen) atoms. The maximum Gasteiger partial charge on any atom is 0.236 e. The Bertz CT molecular complexity index is 825. The molecule has 0 saturated heterocycles. The number of aryl methyl sites for hydroxylation is 1. The van der Waals surface area contributed by atoms with Crippen molar-refractivity contribution >= 4 is 23.5 Å². The molecule has 0 aliphatic carbocycles. The minimum atomic E-state index is -0.134. The van der Waals surface area contributed by atoms with Crippen LogP contribution in [0.15, 0.2) is 66.0 Å². The molecule has 0 unspecified atom stereocenters. The quantitative estimate of drug-likeness (QED) is 0.570. The van der Waals surface area contributed by atoms with E-state index in [1.165, 1.54) is 11.8 Å². The van der Waals surface area contributed by atoms with Crippen molar-refractivity contribution in [2.75, 3.05) is 11.1 Å². The smallest absolute Gasteiger partial charge is 0.236 e. The highest BCUT2D eigenvalue weighted by Gasteiger charge is 2.09. The predicted octanol–water partition coefficient (Wildman–Crippen LogP) is 3.58. The van der Waals surface area contributed by atoms with E-state index in [1.807, 2.05) is 49.4 Å². The van der Waals surface area contributed by atoms with E-state index < -0.39 is 0 Å². The summed E-state index contributed by atoms with van der Waals surface area (Å²) in [5, 5.41) is 3.33. The fourth-order valence-corrected chi connectivity index (χ4v) is 2.81. The molecule has 0 fully saturated rings. The molecule has 3 aromatic rings. The fourth-order valence-electron chi connectivity index (χ4n) is 2.11. The van der Waals surface area contributed by atoms with Gasteiger partial charge in [0.1, 0.15) is 5.82 Å². The molecule has 1 aromatic carbocycles. The Morgan fingerprint density at radius 3 is 2.62 bits per heavy atom. The number of hydrogen-bond acceptors (Lipinski definition) is 5. The number of hydrogen-bond donors (Lipinski definition) is 1. The van der Waals surface area contributed by atoms with Gasteiger partial charge in [-0.3, -0.25) is 4.79 Å². The average molecular weight is 336 g/mol. The first-order valence-electron chi connectivity index (χ1n) is 7.45. The lowest BCUT2D eigenvalue weighted by Gasteiger charge is -2.06. The van der Waals surface area contributed by atoms with Crippen LogP contribution in [-0.2, 0) is 4.79 Å². The van der Waals surface area contributed by atoms with E-state index in [0.29, 0.717) is 11.0 Å². The zero-order chi connectivity index (χ0) is 16.8. The first-order chi connectivity index (χ1) is 11.7. The number of carbonyl (C=O) groups is 1. The summed E-state index contributed by atoms with van der Waals surface area (Å²) in [4.78, 5) is 25.0. The highest BCUT2D eigenvalue weighted by atomic mass is 32.2. The number of pyridine rings is 1. The third kappa shape index (κ3) is 4.39. The molecule has 2 heterocycles. The summed E-state index contributed by atoms with van der Waals surface area (Å²) < 4.78 is 0. The lowest BCUT2D eigenvalue weighted by atomic mass is 10.1. The highest BCUT2D eigenvalue weighted by Crippen LogP contribution is 2.21. The Morgan fingerprint density at radius 1 is 1.08 bits per heavy atom. The summed E-state index contributed by atoms with van der Waals surface area (Å²) in [7, 11) is 0. The zero-order valence-corrected chi connectivity index (χ0v) is 14.0. The maximum absolute atomic E-state index is 12.0. The average Bonchev–Trinajstić information content (AvgIpc) is 2.61. The van der Waals surface area contributed by atoms with Crippen LogP contribution in [0.25, 0.3) is 11.3 Å². The van der Waals surface area contributed by atoms with Gasteiger partial charge in [-0.2, -0.15) is 0 Å². The Morgan fingerprint density at radius 2 is 1.88 bits per heavy atom. The van der Waals surface area contributed by atoms with Crippen molar-refractivity contribution in [3.8, 4) is 11.3 Å². The molecular weight excluding hydrogens is 320 g/mol. The molecule has 0 aliphatic rings. The van der Waals surface area contributed by atoms with Gasteiger partial charge in [0.15, 0.2) is 5.16 Å². The normalized spacial score (nSPS) is 10.4. The van der Waals surface area contributed by atoms with Crippen LogP contribution in [0.2, 0.25) is 0 Å². The van der Waals surface area contributed by atoms with E-state index in [1.54, 1.807) is 18.3 Å². The molecule has 0 aliphatic heterocycles. The Balaban J connectivity index is 1.67. The minimum absolute atomic E-state index is 0.134. The molecular formula is C18H16N4OS. The molecule has 0 bridgehead atoms. The molecule has 0 radical (unpaired) electrons. The van der Waals surface area contributed by atoms with Crippen LogP contribution in [0.5, 0.6) is 0 Å². The molecule has 0 spiro atoms. The SMILES string of the molecule is Cc1cc(-c2ccccc2)nc(SCC(=O)Nc2ccccn2)n1. The van der Waals surface area contributed by atoms with Gasteiger partial charge in [0.25, 0.3) is 0 Å². The summed E-state index contributed by atoms with van der Waals surface area (Å²) in [5.41, 5.74) is 2.76. The number of anilines is 1. The summed E-state index contributed by atoms with van der Waals surface area (Å²) >= 11 is 1.31.